The van der Waals surface area contributed by atoms with Crippen LogP contribution in [0.4, 0.5) is 4.39 Å². The second kappa shape index (κ2) is 7.53. The fourth-order valence-corrected chi connectivity index (χ4v) is 5.33. The summed E-state index contributed by atoms with van der Waals surface area (Å²) in [5.74, 6) is -0.194. The van der Waals surface area contributed by atoms with E-state index in [1.807, 2.05) is 26.2 Å². The van der Waals surface area contributed by atoms with Crippen molar-refractivity contribution in [1.29, 1.82) is 0 Å². The second-order valence-electron chi connectivity index (χ2n) is 6.55. The van der Waals surface area contributed by atoms with Crippen molar-refractivity contribution in [2.75, 3.05) is 27.2 Å². The molecule has 0 unspecified atom stereocenters. The van der Waals surface area contributed by atoms with Crippen molar-refractivity contribution in [2.24, 2.45) is 0 Å². The Morgan fingerprint density at radius 3 is 2.65 bits per heavy atom. The van der Waals surface area contributed by atoms with E-state index >= 15 is 0 Å². The lowest BCUT2D eigenvalue weighted by molar-refractivity contribution is 0.107. The van der Waals surface area contributed by atoms with Crippen molar-refractivity contribution >= 4 is 23.1 Å². The number of benzene rings is 2. The number of thiophene rings is 1. The molecular formula is C21H20FNOS2. The normalized spacial score (nSPS) is 12.5. The van der Waals surface area contributed by atoms with Gasteiger partial charge in [-0.2, -0.15) is 0 Å². The van der Waals surface area contributed by atoms with Gasteiger partial charge < -0.3 is 9.64 Å². The van der Waals surface area contributed by atoms with E-state index in [0.717, 1.165) is 21.9 Å². The van der Waals surface area contributed by atoms with E-state index in [9.17, 15) is 4.39 Å². The topological polar surface area (TPSA) is 12.5 Å². The molecule has 0 amide bonds. The molecule has 1 aliphatic heterocycles. The van der Waals surface area contributed by atoms with E-state index in [0.29, 0.717) is 13.2 Å². The van der Waals surface area contributed by atoms with Crippen molar-refractivity contribution in [1.82, 2.24) is 4.90 Å². The first-order chi connectivity index (χ1) is 12.6. The summed E-state index contributed by atoms with van der Waals surface area (Å²) in [6, 6.07) is 15.7. The van der Waals surface area contributed by atoms with E-state index in [1.165, 1.54) is 20.9 Å². The average Bonchev–Trinajstić information content (AvgIpc) is 2.98. The molecule has 0 aliphatic carbocycles. The summed E-state index contributed by atoms with van der Waals surface area (Å²) in [6.07, 6.45) is 0. The van der Waals surface area contributed by atoms with Crippen LogP contribution in [-0.4, -0.2) is 32.1 Å². The van der Waals surface area contributed by atoms with Gasteiger partial charge >= 0.3 is 0 Å². The Balaban J connectivity index is 1.73. The molecule has 3 aromatic rings. The van der Waals surface area contributed by atoms with Gasteiger partial charge in [0.1, 0.15) is 5.82 Å². The summed E-state index contributed by atoms with van der Waals surface area (Å²) < 4.78 is 19.7. The van der Waals surface area contributed by atoms with Gasteiger partial charge in [0, 0.05) is 37.2 Å². The molecule has 0 bridgehead atoms. The standard InChI is InChI=1S/C21H20FNOS2/c1-23(2)9-10-24-13-15-12-18-16-5-3-4-6-19(16)26-20-11-14(22)7-8-17(20)21(18)25-15/h3-8,11-12H,9-10,13H2,1-2H3. The highest BCUT2D eigenvalue weighted by Gasteiger charge is 2.22. The molecule has 5 heteroatoms. The molecule has 2 heterocycles. The van der Waals surface area contributed by atoms with Crippen LogP contribution >= 0.6 is 23.1 Å². The van der Waals surface area contributed by atoms with Crippen molar-refractivity contribution in [3.05, 3.63) is 59.2 Å². The molecule has 0 atom stereocenters. The van der Waals surface area contributed by atoms with Gasteiger partial charge in [-0.15, -0.1) is 11.3 Å². The second-order valence-corrected chi connectivity index (χ2v) is 8.77. The molecular weight excluding hydrogens is 365 g/mol. The summed E-state index contributed by atoms with van der Waals surface area (Å²) in [7, 11) is 4.09. The Bertz CT molecular complexity index is 936. The van der Waals surface area contributed by atoms with Crippen LogP contribution in [0.3, 0.4) is 0 Å². The number of nitrogens with zero attached hydrogens (tertiary/aromatic N) is 1. The lowest BCUT2D eigenvalue weighted by atomic mass is 10.0. The van der Waals surface area contributed by atoms with Crippen LogP contribution in [-0.2, 0) is 11.3 Å². The Morgan fingerprint density at radius 1 is 0.962 bits per heavy atom. The number of hydrogen-bond acceptors (Lipinski definition) is 4. The number of ether oxygens (including phenoxy) is 1. The Labute approximate surface area is 161 Å². The summed E-state index contributed by atoms with van der Waals surface area (Å²) in [6.45, 7) is 2.23. The zero-order valence-electron chi connectivity index (χ0n) is 14.8. The highest BCUT2D eigenvalue weighted by atomic mass is 32.2. The minimum atomic E-state index is -0.194. The number of hydrogen-bond donors (Lipinski definition) is 0. The lowest BCUT2D eigenvalue weighted by Gasteiger charge is -2.09. The van der Waals surface area contributed by atoms with E-state index in [4.69, 9.17) is 4.74 Å². The maximum absolute atomic E-state index is 13.8. The van der Waals surface area contributed by atoms with Gasteiger partial charge in [-0.1, -0.05) is 30.0 Å². The molecule has 0 N–H and O–H groups in total. The third-order valence-corrected chi connectivity index (χ3v) is 6.57. The number of likely N-dealkylation sites (N-methyl/N-ethyl adjacent to an activating group) is 1. The quantitative estimate of drug-likeness (QED) is 0.405. The first-order valence-corrected chi connectivity index (χ1v) is 10.2. The monoisotopic (exact) mass is 385 g/mol. The van der Waals surface area contributed by atoms with E-state index in [2.05, 4.69) is 29.2 Å². The summed E-state index contributed by atoms with van der Waals surface area (Å²) in [4.78, 5) is 6.64. The average molecular weight is 386 g/mol. The van der Waals surface area contributed by atoms with Crippen LogP contribution in [0.1, 0.15) is 4.88 Å². The molecule has 26 heavy (non-hydrogen) atoms. The maximum atomic E-state index is 13.8. The van der Waals surface area contributed by atoms with Crippen LogP contribution in [0.15, 0.2) is 58.3 Å². The zero-order chi connectivity index (χ0) is 18.1. The van der Waals surface area contributed by atoms with Crippen LogP contribution in [0.5, 0.6) is 0 Å². The highest BCUT2D eigenvalue weighted by Crippen LogP contribution is 2.51. The first-order valence-electron chi connectivity index (χ1n) is 8.54. The number of rotatable bonds is 5. The van der Waals surface area contributed by atoms with E-state index in [1.54, 1.807) is 35.2 Å². The Hall–Kier alpha value is -1.66. The molecule has 0 spiro atoms. The summed E-state index contributed by atoms with van der Waals surface area (Å²) in [5, 5.41) is 0. The summed E-state index contributed by atoms with van der Waals surface area (Å²) in [5.41, 5.74) is 3.53. The third kappa shape index (κ3) is 3.58. The number of fused-ring (bicyclic) bond motifs is 5. The van der Waals surface area contributed by atoms with E-state index in [-0.39, 0.29) is 5.82 Å². The van der Waals surface area contributed by atoms with Gasteiger partial charge in [0.2, 0.25) is 0 Å². The van der Waals surface area contributed by atoms with Crippen LogP contribution in [0.2, 0.25) is 0 Å². The van der Waals surface area contributed by atoms with Gasteiger partial charge in [0.05, 0.1) is 13.2 Å². The van der Waals surface area contributed by atoms with Gasteiger partial charge in [-0.25, -0.2) is 4.39 Å². The molecule has 2 nitrogen and oxygen atoms in total. The molecule has 0 fully saturated rings. The minimum absolute atomic E-state index is 0.194. The Kier molecular flexibility index (Phi) is 5.14. The SMILES string of the molecule is CN(C)CCOCc1cc2c(s1)-c1ccc(F)cc1Sc1ccccc1-2. The van der Waals surface area contributed by atoms with Gasteiger partial charge in [0.25, 0.3) is 0 Å². The molecule has 1 aliphatic rings. The molecule has 0 radical (unpaired) electrons. The predicted octanol–water partition coefficient (Wildman–Crippen LogP) is 5.76. The molecule has 4 rings (SSSR count). The minimum Gasteiger partial charge on any atom is -0.375 e. The van der Waals surface area contributed by atoms with Gasteiger partial charge in [-0.3, -0.25) is 0 Å². The third-order valence-electron chi connectivity index (χ3n) is 4.30. The van der Waals surface area contributed by atoms with Crippen LogP contribution in [0.25, 0.3) is 21.6 Å². The largest absolute Gasteiger partial charge is 0.375 e. The molecule has 134 valence electrons. The van der Waals surface area contributed by atoms with Crippen molar-refractivity contribution in [3.8, 4) is 21.6 Å². The molecule has 0 saturated heterocycles. The maximum Gasteiger partial charge on any atom is 0.124 e. The lowest BCUT2D eigenvalue weighted by Crippen LogP contribution is -2.17. The highest BCUT2D eigenvalue weighted by molar-refractivity contribution is 7.99. The van der Waals surface area contributed by atoms with Crippen molar-refractivity contribution < 1.29 is 9.13 Å². The van der Waals surface area contributed by atoms with Crippen molar-refractivity contribution in [2.45, 2.75) is 16.4 Å². The van der Waals surface area contributed by atoms with Crippen LogP contribution in [0, 0.1) is 5.82 Å². The molecule has 1 aromatic heterocycles. The zero-order valence-corrected chi connectivity index (χ0v) is 16.4. The van der Waals surface area contributed by atoms with E-state index < -0.39 is 0 Å². The smallest absolute Gasteiger partial charge is 0.124 e. The van der Waals surface area contributed by atoms with Gasteiger partial charge in [-0.05, 0) is 50.0 Å². The first kappa shape index (κ1) is 17.7. The van der Waals surface area contributed by atoms with Crippen LogP contribution < -0.4 is 0 Å². The molecule has 2 aromatic carbocycles. The Morgan fingerprint density at radius 2 is 1.81 bits per heavy atom. The fraction of sp³-hybridized carbons (Fsp3) is 0.238. The van der Waals surface area contributed by atoms with Crippen molar-refractivity contribution in [3.63, 3.8) is 0 Å². The van der Waals surface area contributed by atoms with Gasteiger partial charge in [0.15, 0.2) is 0 Å². The molecule has 0 saturated carbocycles. The summed E-state index contributed by atoms with van der Waals surface area (Å²) >= 11 is 3.38. The number of halogens is 1. The fourth-order valence-electron chi connectivity index (χ4n) is 3.00. The predicted molar refractivity (Wildman–Crippen MR) is 107 cm³/mol.